The average molecular weight is 442 g/mol. The maximum Gasteiger partial charge on any atom is 0.408 e. The van der Waals surface area contributed by atoms with Gasteiger partial charge in [-0.1, -0.05) is 39.0 Å². The van der Waals surface area contributed by atoms with E-state index in [1.807, 2.05) is 44.4 Å². The number of rotatable bonds is 6. The first kappa shape index (κ1) is 23.7. The number of aromatic nitrogens is 1. The molecule has 29 heavy (non-hydrogen) atoms. The molecule has 2 unspecified atom stereocenters. The van der Waals surface area contributed by atoms with Crippen LogP contribution in [0.5, 0.6) is 0 Å². The third-order valence-electron chi connectivity index (χ3n) is 4.15. The summed E-state index contributed by atoms with van der Waals surface area (Å²) in [4.78, 5) is 17.2. The number of thiazole rings is 1. The maximum absolute atomic E-state index is 12.4. The number of hydrogen-bond donors (Lipinski definition) is 3. The normalized spacial score (nSPS) is 19.4. The van der Waals surface area contributed by atoms with Crippen molar-refractivity contribution in [1.29, 1.82) is 0 Å². The minimum Gasteiger partial charge on any atom is -0.444 e. The van der Waals surface area contributed by atoms with Crippen LogP contribution in [0, 0.1) is 0 Å². The Hall–Kier alpha value is -1.55. The summed E-state index contributed by atoms with van der Waals surface area (Å²) in [6.07, 6.45) is 6.45. The van der Waals surface area contributed by atoms with Gasteiger partial charge in [0.25, 0.3) is 0 Å². The molecule has 162 valence electrons. The van der Waals surface area contributed by atoms with Gasteiger partial charge in [-0.05, 0) is 39.2 Å². The Bertz CT molecular complexity index is 803. The van der Waals surface area contributed by atoms with Gasteiger partial charge in [-0.3, -0.25) is 4.55 Å². The molecule has 0 aliphatic heterocycles. The SMILES string of the molecule is CC(C)(C)OC(=O)N[C@@H](CC1=CCC(NS(=O)O)C=C1)c1nc(C(C)(C)C)cs1. The van der Waals surface area contributed by atoms with E-state index in [0.717, 1.165) is 16.3 Å². The molecule has 0 fully saturated rings. The van der Waals surface area contributed by atoms with Crippen LogP contribution >= 0.6 is 11.3 Å². The van der Waals surface area contributed by atoms with E-state index in [9.17, 15) is 9.00 Å². The van der Waals surface area contributed by atoms with Gasteiger partial charge in [0, 0.05) is 16.8 Å². The van der Waals surface area contributed by atoms with Crippen molar-refractivity contribution < 1.29 is 18.3 Å². The van der Waals surface area contributed by atoms with Gasteiger partial charge in [0.1, 0.15) is 10.6 Å². The van der Waals surface area contributed by atoms with Crippen LogP contribution in [0.2, 0.25) is 0 Å². The van der Waals surface area contributed by atoms with E-state index < -0.39 is 23.0 Å². The summed E-state index contributed by atoms with van der Waals surface area (Å²) in [7, 11) is 0. The number of allylic oxidation sites excluding steroid dienone is 1. The first-order valence-corrected chi connectivity index (χ1v) is 11.5. The zero-order valence-corrected chi connectivity index (χ0v) is 19.4. The minimum atomic E-state index is -2.05. The highest BCUT2D eigenvalue weighted by Gasteiger charge is 2.26. The largest absolute Gasteiger partial charge is 0.444 e. The lowest BCUT2D eigenvalue weighted by Gasteiger charge is -2.24. The van der Waals surface area contributed by atoms with Gasteiger partial charge in [-0.25, -0.2) is 18.7 Å². The number of carbonyl (C=O) groups excluding carboxylic acids is 1. The number of hydrogen-bond acceptors (Lipinski definition) is 5. The molecule has 7 nitrogen and oxygen atoms in total. The summed E-state index contributed by atoms with van der Waals surface area (Å²) in [6, 6.07) is -0.507. The number of amides is 1. The number of nitrogens with one attached hydrogen (secondary N) is 2. The Morgan fingerprint density at radius 3 is 2.55 bits per heavy atom. The molecule has 0 saturated heterocycles. The van der Waals surface area contributed by atoms with E-state index in [-0.39, 0.29) is 17.5 Å². The van der Waals surface area contributed by atoms with Crippen molar-refractivity contribution >= 4 is 28.7 Å². The highest BCUT2D eigenvalue weighted by Crippen LogP contribution is 2.31. The highest BCUT2D eigenvalue weighted by atomic mass is 32.2. The number of nitrogens with zero attached hydrogens (tertiary/aromatic N) is 1. The summed E-state index contributed by atoms with van der Waals surface area (Å²) in [5.41, 5.74) is 1.35. The van der Waals surface area contributed by atoms with Crippen LogP contribution in [0.3, 0.4) is 0 Å². The predicted octanol–water partition coefficient (Wildman–Crippen LogP) is 4.38. The lowest BCUT2D eigenvalue weighted by Crippen LogP contribution is -2.35. The van der Waals surface area contributed by atoms with E-state index in [2.05, 4.69) is 30.8 Å². The van der Waals surface area contributed by atoms with Crippen LogP contribution in [-0.2, 0) is 21.4 Å². The van der Waals surface area contributed by atoms with Gasteiger partial charge in [-0.2, -0.15) is 0 Å². The van der Waals surface area contributed by atoms with Crippen LogP contribution in [0.25, 0.3) is 0 Å². The van der Waals surface area contributed by atoms with Gasteiger partial charge in [-0.15, -0.1) is 11.3 Å². The molecule has 1 amide bonds. The molecule has 0 aromatic carbocycles. The molecule has 1 aromatic heterocycles. The minimum absolute atomic E-state index is 0.0753. The zero-order chi connectivity index (χ0) is 21.8. The molecule has 0 spiro atoms. The van der Waals surface area contributed by atoms with E-state index in [4.69, 9.17) is 14.3 Å². The van der Waals surface area contributed by atoms with Crippen LogP contribution in [0.15, 0.2) is 29.2 Å². The van der Waals surface area contributed by atoms with Crippen LogP contribution in [0.1, 0.15) is 71.1 Å². The fourth-order valence-electron chi connectivity index (χ4n) is 2.71. The smallest absolute Gasteiger partial charge is 0.408 e. The van der Waals surface area contributed by atoms with Crippen molar-refractivity contribution in [3.63, 3.8) is 0 Å². The van der Waals surface area contributed by atoms with Crippen molar-refractivity contribution in [3.05, 3.63) is 39.9 Å². The Morgan fingerprint density at radius 1 is 1.38 bits per heavy atom. The van der Waals surface area contributed by atoms with Crippen LogP contribution in [-0.4, -0.2) is 31.5 Å². The van der Waals surface area contributed by atoms with Gasteiger partial charge < -0.3 is 10.1 Å². The Morgan fingerprint density at radius 2 is 2.07 bits per heavy atom. The van der Waals surface area contributed by atoms with Crippen molar-refractivity contribution in [1.82, 2.24) is 15.0 Å². The third-order valence-corrected chi connectivity index (χ3v) is 5.61. The quantitative estimate of drug-likeness (QED) is 0.569. The maximum atomic E-state index is 12.4. The van der Waals surface area contributed by atoms with Gasteiger partial charge in [0.05, 0.1) is 11.7 Å². The molecule has 0 bridgehead atoms. The Labute approximate surface area is 179 Å². The third kappa shape index (κ3) is 8.00. The average Bonchev–Trinajstić information content (AvgIpc) is 3.04. The van der Waals surface area contributed by atoms with Crippen molar-refractivity contribution in [3.8, 4) is 0 Å². The fraction of sp³-hybridized carbons (Fsp3) is 0.600. The molecule has 3 N–H and O–H groups in total. The zero-order valence-electron chi connectivity index (χ0n) is 17.8. The molecule has 0 saturated carbocycles. The Balaban J connectivity index is 2.16. The predicted molar refractivity (Wildman–Crippen MR) is 117 cm³/mol. The van der Waals surface area contributed by atoms with Crippen molar-refractivity contribution in [2.24, 2.45) is 0 Å². The van der Waals surface area contributed by atoms with E-state index >= 15 is 0 Å². The van der Waals surface area contributed by atoms with E-state index in [0.29, 0.717) is 12.8 Å². The van der Waals surface area contributed by atoms with Gasteiger partial charge >= 0.3 is 6.09 Å². The summed E-state index contributed by atoms with van der Waals surface area (Å²) in [5, 5.41) is 5.81. The number of carbonyl (C=O) groups is 1. The summed E-state index contributed by atoms with van der Waals surface area (Å²) < 4.78 is 27.9. The second kappa shape index (κ2) is 9.51. The monoisotopic (exact) mass is 441 g/mol. The molecular weight excluding hydrogens is 410 g/mol. The fourth-order valence-corrected chi connectivity index (χ4v) is 4.24. The van der Waals surface area contributed by atoms with Gasteiger partial charge in [0.2, 0.25) is 11.3 Å². The van der Waals surface area contributed by atoms with E-state index in [1.165, 1.54) is 11.3 Å². The van der Waals surface area contributed by atoms with Crippen LogP contribution in [0.4, 0.5) is 4.79 Å². The molecule has 1 aliphatic carbocycles. The molecule has 0 radical (unpaired) electrons. The van der Waals surface area contributed by atoms with Crippen molar-refractivity contribution in [2.45, 2.75) is 77.5 Å². The summed E-state index contributed by atoms with van der Waals surface area (Å²) >= 11 is -0.527. The molecule has 1 aromatic rings. The number of ether oxygens (including phenoxy) is 1. The van der Waals surface area contributed by atoms with Crippen molar-refractivity contribution in [2.75, 3.05) is 0 Å². The van der Waals surface area contributed by atoms with E-state index in [1.54, 1.807) is 0 Å². The summed E-state index contributed by atoms with van der Waals surface area (Å²) in [5.74, 6) is 0. The Kier molecular flexibility index (Phi) is 7.78. The first-order chi connectivity index (χ1) is 13.3. The molecule has 3 atom stereocenters. The van der Waals surface area contributed by atoms with Gasteiger partial charge in [0.15, 0.2) is 0 Å². The second-order valence-electron chi connectivity index (χ2n) is 9.07. The number of alkyl carbamates (subject to hydrolysis) is 1. The van der Waals surface area contributed by atoms with Crippen LogP contribution < -0.4 is 10.0 Å². The lowest BCUT2D eigenvalue weighted by molar-refractivity contribution is 0.0503. The molecular formula is C20H31N3O4S2. The molecule has 1 heterocycles. The molecule has 1 aliphatic rings. The highest BCUT2D eigenvalue weighted by molar-refractivity contribution is 7.77. The topological polar surface area (TPSA) is 101 Å². The second-order valence-corrected chi connectivity index (χ2v) is 10.7. The lowest BCUT2D eigenvalue weighted by atomic mass is 9.93. The summed E-state index contributed by atoms with van der Waals surface area (Å²) in [6.45, 7) is 11.8. The standard InChI is InChI=1S/C20H31N3O4S2/c1-19(2,3)16-12-28-17(22-16)15(21-18(24)27-20(4,5)6)11-13-7-9-14(10-8-13)23-29(25)26/h7-9,12,14-15,23H,10-11H2,1-6H3,(H,21,24)(H,25,26)/t14?,15-/m0/s1. The first-order valence-electron chi connectivity index (χ1n) is 9.53. The molecule has 2 rings (SSSR count). The molecule has 9 heteroatoms.